The van der Waals surface area contributed by atoms with E-state index in [-0.39, 0.29) is 0 Å². The molecule has 0 aromatic carbocycles. The Hall–Kier alpha value is -1.57. The molecule has 2 heterocycles. The summed E-state index contributed by atoms with van der Waals surface area (Å²) < 4.78 is 4.30. The summed E-state index contributed by atoms with van der Waals surface area (Å²) in [6.45, 7) is 4.61. The Morgan fingerprint density at radius 2 is 2.38 bits per heavy atom. The Morgan fingerprint density at radius 1 is 1.54 bits per heavy atom. The maximum absolute atomic E-state index is 3.74. The van der Waals surface area contributed by atoms with E-state index in [0.29, 0.717) is 0 Å². The second kappa shape index (κ2) is 3.05. The molecule has 2 nitrogen and oxygen atoms in total. The first kappa shape index (κ1) is 8.05. The van der Waals surface area contributed by atoms with Crippen molar-refractivity contribution in [2.45, 2.75) is 6.54 Å². The van der Waals surface area contributed by atoms with Crippen LogP contribution in [0, 0.1) is 0 Å². The average molecular weight is 173 g/mol. The van der Waals surface area contributed by atoms with E-state index in [2.05, 4.69) is 53.4 Å². The van der Waals surface area contributed by atoms with E-state index in [1.54, 1.807) is 0 Å². The third-order valence-corrected chi connectivity index (χ3v) is 2.25. The molecule has 0 unspecified atom stereocenters. The summed E-state index contributed by atoms with van der Waals surface area (Å²) in [5, 5.41) is 0. The van der Waals surface area contributed by atoms with E-state index >= 15 is 0 Å². The quantitative estimate of drug-likeness (QED) is 0.482. The Kier molecular flexibility index (Phi) is 1.89. The van der Waals surface area contributed by atoms with E-state index < -0.39 is 0 Å². The van der Waals surface area contributed by atoms with Crippen molar-refractivity contribution in [3.05, 3.63) is 43.2 Å². The highest BCUT2D eigenvalue weighted by atomic mass is 15.0. The minimum absolute atomic E-state index is 0.869. The number of aryl methyl sites for hydroxylation is 1. The monoisotopic (exact) mass is 173 g/mol. The van der Waals surface area contributed by atoms with Crippen LogP contribution in [0.15, 0.2) is 43.2 Å². The van der Waals surface area contributed by atoms with Crippen LogP contribution in [0.2, 0.25) is 0 Å². The number of hydrogen-bond donors (Lipinski definition) is 0. The van der Waals surface area contributed by atoms with Crippen LogP contribution in [0.1, 0.15) is 0 Å². The van der Waals surface area contributed by atoms with Gasteiger partial charge in [-0.05, 0) is 6.07 Å². The Labute approximate surface area is 77.7 Å². The zero-order valence-corrected chi connectivity index (χ0v) is 7.77. The second-order valence-electron chi connectivity index (χ2n) is 3.15. The lowest BCUT2D eigenvalue weighted by molar-refractivity contribution is -0.644. The van der Waals surface area contributed by atoms with Gasteiger partial charge in [0.05, 0.1) is 0 Å². The summed E-state index contributed by atoms with van der Waals surface area (Å²) in [7, 11) is 2.06. The molecule has 0 saturated heterocycles. The normalized spacial score (nSPS) is 10.5. The topological polar surface area (TPSA) is 8.81 Å². The van der Waals surface area contributed by atoms with Gasteiger partial charge in [-0.3, -0.25) is 0 Å². The first-order valence-electron chi connectivity index (χ1n) is 4.37. The highest BCUT2D eigenvalue weighted by Gasteiger charge is 2.06. The largest absolute Gasteiger partial charge is 0.339 e. The number of hydrogen-bond acceptors (Lipinski definition) is 0. The van der Waals surface area contributed by atoms with Crippen LogP contribution in [-0.2, 0) is 13.6 Å². The highest BCUT2D eigenvalue weighted by molar-refractivity contribution is 5.72. The van der Waals surface area contributed by atoms with Gasteiger partial charge in [-0.15, -0.1) is 6.58 Å². The molecule has 0 N–H and O–H groups in total. The summed E-state index contributed by atoms with van der Waals surface area (Å²) >= 11 is 0. The number of rotatable bonds is 2. The summed E-state index contributed by atoms with van der Waals surface area (Å²) in [6.07, 6.45) is 6.05. The lowest BCUT2D eigenvalue weighted by Crippen LogP contribution is -2.27. The minimum Gasteiger partial charge on any atom is -0.339 e. The van der Waals surface area contributed by atoms with Gasteiger partial charge in [-0.25, -0.2) is 0 Å². The van der Waals surface area contributed by atoms with Crippen LogP contribution < -0.4 is 4.57 Å². The zero-order valence-electron chi connectivity index (χ0n) is 7.77. The summed E-state index contributed by atoms with van der Waals surface area (Å²) in [4.78, 5) is 0. The van der Waals surface area contributed by atoms with Crippen molar-refractivity contribution in [1.29, 1.82) is 0 Å². The maximum atomic E-state index is 3.74. The number of aromatic nitrogens is 2. The minimum atomic E-state index is 0.869. The summed E-state index contributed by atoms with van der Waals surface area (Å²) in [5.41, 5.74) is 2.51. The van der Waals surface area contributed by atoms with Crippen molar-refractivity contribution in [3.63, 3.8) is 0 Å². The SMILES string of the molecule is C=CCn1ccc2c1ccc[n+]2C. The Balaban J connectivity index is 2.67. The standard InChI is InChI=1S/C11H13N2/c1-3-7-13-9-6-10-11(13)5-4-8-12(10)2/h3-6,8-9H,1,7H2,2H3/q+1. The van der Waals surface area contributed by atoms with Crippen molar-refractivity contribution < 1.29 is 4.57 Å². The Bertz CT molecular complexity index is 440. The molecule has 0 spiro atoms. The van der Waals surface area contributed by atoms with Crippen LogP contribution >= 0.6 is 0 Å². The van der Waals surface area contributed by atoms with Gasteiger partial charge >= 0.3 is 0 Å². The molecule has 0 aliphatic heterocycles. The molecule has 0 aliphatic carbocycles. The maximum Gasteiger partial charge on any atom is 0.230 e. The molecular weight excluding hydrogens is 160 g/mol. The van der Waals surface area contributed by atoms with Gasteiger partial charge < -0.3 is 4.57 Å². The predicted molar refractivity (Wildman–Crippen MR) is 53.3 cm³/mol. The molecule has 2 rings (SSSR count). The first-order valence-corrected chi connectivity index (χ1v) is 4.37. The van der Waals surface area contributed by atoms with Gasteiger partial charge in [0, 0.05) is 24.9 Å². The zero-order chi connectivity index (χ0) is 9.26. The number of fused-ring (bicyclic) bond motifs is 1. The van der Waals surface area contributed by atoms with Crippen LogP contribution in [0.5, 0.6) is 0 Å². The number of pyridine rings is 1. The molecule has 2 aromatic heterocycles. The van der Waals surface area contributed by atoms with E-state index in [0.717, 1.165) is 6.54 Å². The highest BCUT2D eigenvalue weighted by Crippen LogP contribution is 2.10. The molecule has 0 saturated carbocycles. The summed E-state index contributed by atoms with van der Waals surface area (Å²) in [6, 6.07) is 6.31. The van der Waals surface area contributed by atoms with Crippen LogP contribution in [0.4, 0.5) is 0 Å². The van der Waals surface area contributed by atoms with Gasteiger partial charge in [0.25, 0.3) is 0 Å². The first-order chi connectivity index (χ1) is 6.33. The van der Waals surface area contributed by atoms with Gasteiger partial charge in [-0.1, -0.05) is 6.08 Å². The molecule has 66 valence electrons. The van der Waals surface area contributed by atoms with Crippen molar-refractivity contribution >= 4 is 11.0 Å². The molecule has 2 heteroatoms. The summed E-state index contributed by atoms with van der Waals surface area (Å²) in [5.74, 6) is 0. The van der Waals surface area contributed by atoms with Crippen LogP contribution in [-0.4, -0.2) is 4.57 Å². The van der Waals surface area contributed by atoms with E-state index in [1.165, 1.54) is 11.0 Å². The van der Waals surface area contributed by atoms with E-state index in [4.69, 9.17) is 0 Å². The molecule has 13 heavy (non-hydrogen) atoms. The fourth-order valence-corrected chi connectivity index (χ4v) is 1.59. The van der Waals surface area contributed by atoms with Gasteiger partial charge in [0.2, 0.25) is 5.52 Å². The number of allylic oxidation sites excluding steroid dienone is 1. The molecule has 0 amide bonds. The van der Waals surface area contributed by atoms with Crippen LogP contribution in [0.3, 0.4) is 0 Å². The average Bonchev–Trinajstić information content (AvgIpc) is 2.51. The molecule has 0 bridgehead atoms. The third-order valence-electron chi connectivity index (χ3n) is 2.25. The van der Waals surface area contributed by atoms with Crippen molar-refractivity contribution in [2.75, 3.05) is 0 Å². The predicted octanol–water partition coefficient (Wildman–Crippen LogP) is 1.65. The molecule has 0 aliphatic rings. The van der Waals surface area contributed by atoms with Crippen molar-refractivity contribution in [2.24, 2.45) is 7.05 Å². The molecule has 0 fully saturated rings. The molecule has 0 radical (unpaired) electrons. The third kappa shape index (κ3) is 1.24. The number of nitrogens with zero attached hydrogens (tertiary/aromatic N) is 2. The van der Waals surface area contributed by atoms with Gasteiger partial charge in [-0.2, -0.15) is 4.57 Å². The lowest BCUT2D eigenvalue weighted by Gasteiger charge is -1.98. The Morgan fingerprint density at radius 3 is 3.15 bits per heavy atom. The fraction of sp³-hybridized carbons (Fsp3) is 0.182. The lowest BCUT2D eigenvalue weighted by atomic mass is 10.4. The van der Waals surface area contributed by atoms with E-state index in [1.807, 2.05) is 6.08 Å². The molecule has 0 atom stereocenters. The van der Waals surface area contributed by atoms with Crippen molar-refractivity contribution in [3.8, 4) is 0 Å². The van der Waals surface area contributed by atoms with Gasteiger partial charge in [0.15, 0.2) is 6.20 Å². The smallest absolute Gasteiger partial charge is 0.230 e. The fourth-order valence-electron chi connectivity index (χ4n) is 1.59. The van der Waals surface area contributed by atoms with Crippen LogP contribution in [0.25, 0.3) is 11.0 Å². The van der Waals surface area contributed by atoms with Gasteiger partial charge in [0.1, 0.15) is 12.6 Å². The van der Waals surface area contributed by atoms with Crippen molar-refractivity contribution in [1.82, 2.24) is 4.57 Å². The second-order valence-corrected chi connectivity index (χ2v) is 3.15. The van der Waals surface area contributed by atoms with E-state index in [9.17, 15) is 0 Å². The molecule has 2 aromatic rings. The molecular formula is C11H13N2+.